The number of rotatable bonds is 5. The predicted octanol–water partition coefficient (Wildman–Crippen LogP) is 3.48. The molecule has 8 heteroatoms. The first-order valence-corrected chi connectivity index (χ1v) is 9.80. The summed E-state index contributed by atoms with van der Waals surface area (Å²) < 4.78 is 8.10. The molecule has 1 aromatic heterocycles. The van der Waals surface area contributed by atoms with Gasteiger partial charge < -0.3 is 4.74 Å². The number of benzene rings is 2. The van der Waals surface area contributed by atoms with Crippen LogP contribution in [0.2, 0.25) is 0 Å². The number of urea groups is 1. The maximum Gasteiger partial charge on any atom is 0.350 e. The van der Waals surface area contributed by atoms with E-state index in [9.17, 15) is 4.79 Å². The number of hydrogen-bond acceptors (Lipinski definition) is 5. The monoisotopic (exact) mass is 406 g/mol. The van der Waals surface area contributed by atoms with Gasteiger partial charge in [-0.25, -0.2) is 20.3 Å². The first-order valence-electron chi connectivity index (χ1n) is 9.80. The Bertz CT molecular complexity index is 1110. The van der Waals surface area contributed by atoms with Crippen LogP contribution in [0.5, 0.6) is 5.75 Å². The highest BCUT2D eigenvalue weighted by Gasteiger charge is 2.25. The van der Waals surface area contributed by atoms with Crippen molar-refractivity contribution >= 4 is 11.7 Å². The Morgan fingerprint density at radius 2 is 1.80 bits per heavy atom. The molecule has 0 radical (unpaired) electrons. The van der Waals surface area contributed by atoms with E-state index in [2.05, 4.69) is 35.9 Å². The average Bonchev–Trinajstić information content (AvgIpc) is 3.19. The summed E-state index contributed by atoms with van der Waals surface area (Å²) in [5, 5.41) is 7.89. The van der Waals surface area contributed by atoms with Crippen molar-refractivity contribution in [3.63, 3.8) is 0 Å². The van der Waals surface area contributed by atoms with Gasteiger partial charge in [0, 0.05) is 18.3 Å². The summed E-state index contributed by atoms with van der Waals surface area (Å²) in [6.07, 6.45) is 0. The highest BCUT2D eigenvalue weighted by Crippen LogP contribution is 2.27. The lowest BCUT2D eigenvalue weighted by Crippen LogP contribution is -2.42. The second-order valence-corrected chi connectivity index (χ2v) is 7.46. The van der Waals surface area contributed by atoms with Gasteiger partial charge >= 0.3 is 6.03 Å². The molecular formula is C22H26N6O2. The highest BCUT2D eigenvalue weighted by molar-refractivity contribution is 5.78. The molecule has 30 heavy (non-hydrogen) atoms. The van der Waals surface area contributed by atoms with Gasteiger partial charge in [-0.1, -0.05) is 18.2 Å². The predicted molar refractivity (Wildman–Crippen MR) is 115 cm³/mol. The smallest absolute Gasteiger partial charge is 0.350 e. The third-order valence-corrected chi connectivity index (χ3v) is 5.43. The minimum atomic E-state index is -0.279. The standard InChI is InChI=1S/C22H26N6O2/c1-14-12-19(27-17(4)15(2)16(3)23-27)10-11-21(14)30-13-18-8-6-7-9-20(18)28-25-22(29)24-26(28)5/h6-12H,13H2,1-5H3,(H2,24,25,29). The van der Waals surface area contributed by atoms with Crippen LogP contribution in [0.4, 0.5) is 10.5 Å². The average molecular weight is 406 g/mol. The molecule has 1 aliphatic rings. The van der Waals surface area contributed by atoms with Crippen LogP contribution in [-0.2, 0) is 6.61 Å². The number of anilines is 1. The van der Waals surface area contributed by atoms with Gasteiger partial charge in [-0.05, 0) is 63.1 Å². The van der Waals surface area contributed by atoms with Gasteiger partial charge in [0.15, 0.2) is 0 Å². The summed E-state index contributed by atoms with van der Waals surface area (Å²) in [4.78, 5) is 11.6. The Balaban J connectivity index is 1.54. The number of carbonyl (C=O) groups is 1. The summed E-state index contributed by atoms with van der Waals surface area (Å²) in [6.45, 7) is 8.59. The number of amides is 2. The number of aryl methyl sites for hydroxylation is 2. The van der Waals surface area contributed by atoms with Crippen LogP contribution in [0.1, 0.15) is 28.1 Å². The molecule has 0 bridgehead atoms. The SMILES string of the molecule is Cc1cc(-n2nc(C)c(C)c2C)ccc1OCc1ccccc1N1NC(=O)NN1C. The summed E-state index contributed by atoms with van der Waals surface area (Å²) in [5.74, 6) is 0.809. The highest BCUT2D eigenvalue weighted by atomic mass is 16.5. The van der Waals surface area contributed by atoms with Gasteiger partial charge in [-0.15, -0.1) is 5.12 Å². The van der Waals surface area contributed by atoms with Crippen LogP contribution in [0.15, 0.2) is 42.5 Å². The van der Waals surface area contributed by atoms with E-state index >= 15 is 0 Å². The molecule has 0 saturated carbocycles. The fourth-order valence-corrected chi connectivity index (χ4v) is 3.51. The lowest BCUT2D eigenvalue weighted by atomic mass is 10.1. The number of aromatic nitrogens is 2. The molecule has 3 aromatic rings. The van der Waals surface area contributed by atoms with Crippen LogP contribution < -0.4 is 20.7 Å². The van der Waals surface area contributed by atoms with Crippen molar-refractivity contribution in [2.75, 3.05) is 12.2 Å². The minimum Gasteiger partial charge on any atom is -0.489 e. The van der Waals surface area contributed by atoms with E-state index in [0.717, 1.165) is 39.6 Å². The van der Waals surface area contributed by atoms with E-state index in [1.54, 1.807) is 17.3 Å². The third-order valence-electron chi connectivity index (χ3n) is 5.43. The van der Waals surface area contributed by atoms with Gasteiger partial charge in [0.2, 0.25) is 0 Å². The van der Waals surface area contributed by atoms with E-state index < -0.39 is 0 Å². The van der Waals surface area contributed by atoms with E-state index in [1.165, 1.54) is 5.56 Å². The van der Waals surface area contributed by atoms with E-state index in [0.29, 0.717) is 6.61 Å². The Labute approximate surface area is 176 Å². The molecule has 1 saturated heterocycles. The zero-order chi connectivity index (χ0) is 21.4. The van der Waals surface area contributed by atoms with Crippen molar-refractivity contribution in [3.05, 3.63) is 70.5 Å². The first-order chi connectivity index (χ1) is 14.3. The Morgan fingerprint density at radius 3 is 2.43 bits per heavy atom. The molecular weight excluding hydrogens is 380 g/mol. The minimum absolute atomic E-state index is 0.279. The number of para-hydroxylation sites is 1. The molecule has 0 atom stereocenters. The topological polar surface area (TPSA) is 74.7 Å². The van der Waals surface area contributed by atoms with Crippen molar-refractivity contribution in [3.8, 4) is 11.4 Å². The largest absolute Gasteiger partial charge is 0.489 e. The van der Waals surface area contributed by atoms with E-state index in [-0.39, 0.29) is 6.03 Å². The summed E-state index contributed by atoms with van der Waals surface area (Å²) in [6, 6.07) is 13.6. The van der Waals surface area contributed by atoms with Crippen LogP contribution in [0, 0.1) is 27.7 Å². The van der Waals surface area contributed by atoms with Gasteiger partial charge in [0.05, 0.1) is 17.1 Å². The Morgan fingerprint density at radius 1 is 1.03 bits per heavy atom. The number of ether oxygens (including phenoxy) is 1. The van der Waals surface area contributed by atoms with Crippen molar-refractivity contribution in [2.24, 2.45) is 0 Å². The van der Waals surface area contributed by atoms with Gasteiger partial charge in [0.25, 0.3) is 0 Å². The van der Waals surface area contributed by atoms with Crippen LogP contribution in [0.25, 0.3) is 5.69 Å². The van der Waals surface area contributed by atoms with Gasteiger partial charge in [-0.3, -0.25) is 0 Å². The second kappa shape index (κ2) is 7.72. The number of nitrogens with zero attached hydrogens (tertiary/aromatic N) is 4. The summed E-state index contributed by atoms with van der Waals surface area (Å²) in [5.41, 5.74) is 12.6. The van der Waals surface area contributed by atoms with Gasteiger partial charge in [0.1, 0.15) is 12.4 Å². The van der Waals surface area contributed by atoms with Crippen LogP contribution in [-0.4, -0.2) is 28.0 Å². The third kappa shape index (κ3) is 3.57. The molecule has 1 fully saturated rings. The summed E-state index contributed by atoms with van der Waals surface area (Å²) >= 11 is 0. The van der Waals surface area contributed by atoms with Crippen molar-refractivity contribution in [1.82, 2.24) is 25.7 Å². The van der Waals surface area contributed by atoms with E-state index in [1.807, 2.05) is 54.9 Å². The fourth-order valence-electron chi connectivity index (χ4n) is 3.51. The molecule has 2 heterocycles. The number of nitrogens with one attached hydrogen (secondary N) is 2. The first kappa shape index (κ1) is 19.8. The molecule has 0 unspecified atom stereocenters. The Kier molecular flexibility index (Phi) is 5.09. The maximum atomic E-state index is 11.6. The zero-order valence-corrected chi connectivity index (χ0v) is 17.9. The Hall–Kier alpha value is -3.52. The quantitative estimate of drug-likeness (QED) is 0.679. The van der Waals surface area contributed by atoms with Crippen LogP contribution >= 0.6 is 0 Å². The second-order valence-electron chi connectivity index (χ2n) is 7.46. The lowest BCUT2D eigenvalue weighted by molar-refractivity contribution is 0.233. The fraction of sp³-hybridized carbons (Fsp3) is 0.273. The molecule has 0 aliphatic carbocycles. The molecule has 2 aromatic carbocycles. The zero-order valence-electron chi connectivity index (χ0n) is 17.9. The molecule has 0 spiro atoms. The molecule has 2 amide bonds. The molecule has 156 valence electrons. The number of hydrazine groups is 3. The van der Waals surface area contributed by atoms with Crippen molar-refractivity contribution < 1.29 is 9.53 Å². The maximum absolute atomic E-state index is 11.6. The van der Waals surface area contributed by atoms with Gasteiger partial charge in [-0.2, -0.15) is 10.2 Å². The van der Waals surface area contributed by atoms with Crippen molar-refractivity contribution in [1.29, 1.82) is 0 Å². The van der Waals surface area contributed by atoms with E-state index in [4.69, 9.17) is 4.74 Å². The number of hydrogen-bond donors (Lipinski definition) is 2. The molecule has 1 aliphatic heterocycles. The molecule has 2 N–H and O–H groups in total. The normalized spacial score (nSPS) is 14.0. The van der Waals surface area contributed by atoms with Crippen molar-refractivity contribution in [2.45, 2.75) is 34.3 Å². The molecule has 8 nitrogen and oxygen atoms in total. The molecule has 4 rings (SSSR count). The number of carbonyl (C=O) groups excluding carboxylic acids is 1. The summed E-state index contributed by atoms with van der Waals surface area (Å²) in [7, 11) is 1.76. The lowest BCUT2D eigenvalue weighted by Gasteiger charge is -2.25. The van der Waals surface area contributed by atoms with Crippen LogP contribution in [0.3, 0.4) is 0 Å².